The van der Waals surface area contributed by atoms with Gasteiger partial charge < -0.3 is 30.9 Å². The molecule has 5 N–H and O–H groups in total. The van der Waals surface area contributed by atoms with Crippen molar-refractivity contribution in [2.75, 3.05) is 25.0 Å². The molecule has 2 fully saturated rings. The summed E-state index contributed by atoms with van der Waals surface area (Å²) in [5.74, 6) is -1.83. The molecular formula is C27H29N3O6. The van der Waals surface area contributed by atoms with E-state index in [1.54, 1.807) is 6.07 Å². The van der Waals surface area contributed by atoms with Crippen molar-refractivity contribution in [1.29, 1.82) is 0 Å². The van der Waals surface area contributed by atoms with Gasteiger partial charge in [0, 0.05) is 43.2 Å². The number of nitrogens with one attached hydrogen (secondary N) is 1. The molecule has 2 unspecified atom stereocenters. The Kier molecular flexibility index (Phi) is 4.34. The number of carbonyl (C=O) groups is 3. The molecular weight excluding hydrogens is 462 g/mol. The summed E-state index contributed by atoms with van der Waals surface area (Å²) in [6, 6.07) is 1.85. The highest BCUT2D eigenvalue weighted by atomic mass is 16.6. The lowest BCUT2D eigenvalue weighted by Crippen LogP contribution is -2.44. The largest absolute Gasteiger partial charge is 0.507 e. The summed E-state index contributed by atoms with van der Waals surface area (Å²) >= 11 is 0. The number of amides is 1. The van der Waals surface area contributed by atoms with Crippen LogP contribution in [0.25, 0.3) is 0 Å². The van der Waals surface area contributed by atoms with Crippen molar-refractivity contribution in [3.05, 3.63) is 45.4 Å². The van der Waals surface area contributed by atoms with Crippen molar-refractivity contribution in [3.8, 4) is 5.75 Å². The first-order valence-corrected chi connectivity index (χ1v) is 12.8. The highest BCUT2D eigenvalue weighted by Gasteiger charge is 2.71. The van der Waals surface area contributed by atoms with E-state index in [1.165, 1.54) is 12.8 Å². The molecule has 1 aromatic rings. The molecule has 2 heterocycles. The zero-order valence-electron chi connectivity index (χ0n) is 20.1. The molecule has 0 bridgehead atoms. The van der Waals surface area contributed by atoms with Crippen LogP contribution in [0, 0.1) is 17.8 Å². The topological polar surface area (TPSA) is 145 Å². The summed E-state index contributed by atoms with van der Waals surface area (Å²) in [4.78, 5) is 40.5. The molecule has 9 heteroatoms. The standard InChI is InChI=1S/C27H29N3O6/c1-30-5-4-16(29-10-11-2-3-11)14-9-18(32)20-15(22(14)30)7-12-6-13-8-17(31)21(26(28)35)24(34)27(13)25(36-27)19(12)23(20)33/h9,11-13,16,29,32,34H,2-8,10H2,1H3,(H2,28,35)/t12-,13?,16?,27-/m1/s1. The molecule has 2 aliphatic heterocycles. The predicted molar refractivity (Wildman–Crippen MR) is 128 cm³/mol. The lowest BCUT2D eigenvalue weighted by atomic mass is 9.63. The fourth-order valence-electron chi connectivity index (χ4n) is 7.14. The SMILES string of the molecule is CN1CCC(NCC2CC2)c2cc(O)c3c(c21)C[C@H]1CC2CC(=O)C(C(N)=O)=C(O)[C@]24OC4=C1C3=O. The maximum atomic E-state index is 13.9. The number of nitrogens with zero attached hydrogens (tertiary/aromatic N) is 1. The molecule has 1 saturated heterocycles. The number of ketones is 2. The van der Waals surface area contributed by atoms with Crippen molar-refractivity contribution in [2.45, 2.75) is 50.2 Å². The van der Waals surface area contributed by atoms with Crippen LogP contribution < -0.4 is 16.0 Å². The molecule has 1 saturated carbocycles. The number of Topliss-reactive ketones (excluding diaryl/α,β-unsaturated/α-hetero) is 2. The minimum Gasteiger partial charge on any atom is -0.507 e. The normalized spacial score (nSPS) is 32.2. The van der Waals surface area contributed by atoms with Crippen molar-refractivity contribution in [2.24, 2.45) is 23.5 Å². The molecule has 36 heavy (non-hydrogen) atoms. The number of allylic oxidation sites excluding steroid dienone is 1. The Labute approximate surface area is 208 Å². The van der Waals surface area contributed by atoms with E-state index < -0.39 is 28.6 Å². The van der Waals surface area contributed by atoms with Crippen molar-refractivity contribution in [1.82, 2.24) is 5.32 Å². The number of fused-ring (bicyclic) bond motifs is 4. The van der Waals surface area contributed by atoms with Crippen LogP contribution in [0.1, 0.15) is 59.6 Å². The van der Waals surface area contributed by atoms with Gasteiger partial charge in [-0.05, 0) is 67.7 Å². The van der Waals surface area contributed by atoms with Crippen LogP contribution in [0.15, 0.2) is 28.7 Å². The second-order valence-corrected chi connectivity index (χ2v) is 11.3. The molecule has 7 rings (SSSR count). The summed E-state index contributed by atoms with van der Waals surface area (Å²) in [7, 11) is 2.02. The monoisotopic (exact) mass is 491 g/mol. The zero-order valence-corrected chi connectivity index (χ0v) is 20.1. The van der Waals surface area contributed by atoms with Gasteiger partial charge in [-0.1, -0.05) is 0 Å². The molecule has 9 nitrogen and oxygen atoms in total. The van der Waals surface area contributed by atoms with Gasteiger partial charge in [0.25, 0.3) is 5.91 Å². The molecule has 1 spiro atoms. The van der Waals surface area contributed by atoms with E-state index in [-0.39, 0.29) is 41.4 Å². The number of phenolic OH excluding ortho intramolecular Hbond substituents is 1. The number of primary amides is 1. The average molecular weight is 492 g/mol. The Balaban J connectivity index is 1.33. The van der Waals surface area contributed by atoms with Gasteiger partial charge in [-0.3, -0.25) is 14.4 Å². The Morgan fingerprint density at radius 1 is 1.25 bits per heavy atom. The second kappa shape index (κ2) is 7.12. The van der Waals surface area contributed by atoms with Crippen molar-refractivity contribution in [3.63, 3.8) is 0 Å². The van der Waals surface area contributed by atoms with E-state index >= 15 is 0 Å². The highest BCUT2D eigenvalue weighted by molar-refractivity contribution is 6.21. The number of aliphatic hydroxyl groups is 1. The maximum Gasteiger partial charge on any atom is 0.255 e. The smallest absolute Gasteiger partial charge is 0.255 e. The van der Waals surface area contributed by atoms with E-state index in [9.17, 15) is 24.6 Å². The third-order valence-corrected chi connectivity index (χ3v) is 9.09. The summed E-state index contributed by atoms with van der Waals surface area (Å²) in [5.41, 5.74) is 7.20. The van der Waals surface area contributed by atoms with Gasteiger partial charge in [0.15, 0.2) is 23.1 Å². The fourth-order valence-corrected chi connectivity index (χ4v) is 7.14. The van der Waals surface area contributed by atoms with E-state index in [2.05, 4.69) is 10.2 Å². The Hall–Kier alpha value is -3.33. The number of epoxide rings is 1. The zero-order chi connectivity index (χ0) is 25.1. The van der Waals surface area contributed by atoms with Gasteiger partial charge in [-0.2, -0.15) is 0 Å². The first-order valence-electron chi connectivity index (χ1n) is 12.8. The minimum absolute atomic E-state index is 0.0296. The number of phenols is 1. The number of nitrogens with two attached hydrogens (primary N) is 1. The Morgan fingerprint density at radius 2 is 2.03 bits per heavy atom. The maximum absolute atomic E-state index is 13.9. The predicted octanol–water partition coefficient (Wildman–Crippen LogP) is 1.94. The van der Waals surface area contributed by atoms with E-state index in [0.29, 0.717) is 24.2 Å². The first kappa shape index (κ1) is 21.9. The van der Waals surface area contributed by atoms with E-state index in [4.69, 9.17) is 10.5 Å². The van der Waals surface area contributed by atoms with Crippen molar-refractivity contribution >= 4 is 23.2 Å². The number of anilines is 1. The number of aromatic hydroxyl groups is 1. The second-order valence-electron chi connectivity index (χ2n) is 11.3. The van der Waals surface area contributed by atoms with Gasteiger partial charge in [0.05, 0.1) is 5.56 Å². The third-order valence-electron chi connectivity index (χ3n) is 9.09. The van der Waals surface area contributed by atoms with Crippen LogP contribution in [0.5, 0.6) is 5.75 Å². The number of rotatable bonds is 4. The Morgan fingerprint density at radius 3 is 2.75 bits per heavy atom. The van der Waals surface area contributed by atoms with E-state index in [1.807, 2.05) is 7.05 Å². The van der Waals surface area contributed by atoms with Gasteiger partial charge in [0.2, 0.25) is 5.60 Å². The number of ether oxygens (including phenoxy) is 1. The summed E-state index contributed by atoms with van der Waals surface area (Å²) in [5, 5.41) is 25.7. The molecule has 0 radical (unpaired) electrons. The number of benzene rings is 1. The summed E-state index contributed by atoms with van der Waals surface area (Å²) in [6.07, 6.45) is 4.47. The molecule has 0 aromatic heterocycles. The molecule has 188 valence electrons. The van der Waals surface area contributed by atoms with Crippen LogP contribution in [0.2, 0.25) is 0 Å². The van der Waals surface area contributed by atoms with Gasteiger partial charge in [0.1, 0.15) is 11.3 Å². The number of carbonyl (C=O) groups excluding carboxylic acids is 3. The fraction of sp³-hybridized carbons (Fsp3) is 0.519. The van der Waals surface area contributed by atoms with Crippen molar-refractivity contribution < 1.29 is 29.3 Å². The average Bonchev–Trinajstić information content (AvgIpc) is 3.72. The quantitative estimate of drug-likeness (QED) is 0.369. The first-order chi connectivity index (χ1) is 17.2. The van der Waals surface area contributed by atoms with Gasteiger partial charge >= 0.3 is 0 Å². The number of hydrogen-bond donors (Lipinski definition) is 4. The van der Waals surface area contributed by atoms with Crippen LogP contribution in [0.3, 0.4) is 0 Å². The summed E-state index contributed by atoms with van der Waals surface area (Å²) in [6.45, 7) is 1.81. The summed E-state index contributed by atoms with van der Waals surface area (Å²) < 4.78 is 5.91. The molecule has 4 aliphatic carbocycles. The molecule has 1 aromatic carbocycles. The van der Waals surface area contributed by atoms with Crippen LogP contribution in [0.4, 0.5) is 5.69 Å². The highest BCUT2D eigenvalue weighted by Crippen LogP contribution is 2.64. The molecule has 1 amide bonds. The number of aliphatic hydroxyl groups excluding tert-OH is 1. The lowest BCUT2D eigenvalue weighted by molar-refractivity contribution is -0.123. The minimum atomic E-state index is -1.32. The van der Waals surface area contributed by atoms with Crippen LogP contribution in [-0.2, 0) is 20.7 Å². The van der Waals surface area contributed by atoms with E-state index in [0.717, 1.165) is 42.2 Å². The van der Waals surface area contributed by atoms with Gasteiger partial charge in [-0.25, -0.2) is 0 Å². The number of hydrogen-bond acceptors (Lipinski definition) is 8. The molecule has 4 atom stereocenters. The molecule has 6 aliphatic rings. The lowest BCUT2D eigenvalue weighted by Gasteiger charge is -2.40. The van der Waals surface area contributed by atoms with Crippen LogP contribution in [-0.4, -0.2) is 53.4 Å². The third kappa shape index (κ3) is 2.77. The Bertz CT molecular complexity index is 1340. The van der Waals surface area contributed by atoms with Crippen LogP contribution >= 0.6 is 0 Å². The van der Waals surface area contributed by atoms with Gasteiger partial charge in [-0.15, -0.1) is 0 Å².